The maximum atomic E-state index is 5.80. The van der Waals surface area contributed by atoms with Crippen molar-refractivity contribution in [1.29, 1.82) is 0 Å². The van der Waals surface area contributed by atoms with E-state index in [-0.39, 0.29) is 0 Å². The van der Waals surface area contributed by atoms with Gasteiger partial charge >= 0.3 is 0 Å². The average Bonchev–Trinajstić information content (AvgIpc) is 3.35. The van der Waals surface area contributed by atoms with Gasteiger partial charge in [0.05, 0.1) is 19.3 Å². The molecule has 0 spiro atoms. The highest BCUT2D eigenvalue weighted by molar-refractivity contribution is 7.71. The van der Waals surface area contributed by atoms with E-state index in [0.29, 0.717) is 24.0 Å². The van der Waals surface area contributed by atoms with Gasteiger partial charge in [0, 0.05) is 19.1 Å². The highest BCUT2D eigenvalue weighted by Gasteiger charge is 2.27. The van der Waals surface area contributed by atoms with Crippen LogP contribution in [0.3, 0.4) is 0 Å². The van der Waals surface area contributed by atoms with Crippen LogP contribution in [0.25, 0.3) is 11.4 Å². The van der Waals surface area contributed by atoms with Gasteiger partial charge < -0.3 is 4.74 Å². The number of para-hydroxylation sites is 1. The topological polar surface area (TPSA) is 35.2 Å². The van der Waals surface area contributed by atoms with Crippen molar-refractivity contribution >= 4 is 12.2 Å². The standard InChI is InChI=1S/C23H26N4OS/c1-3-15-26-22(19-12-7-8-14-21(19)28-2)24-27(23(26)29)17-25-16-9-13-20(25)18-10-5-4-6-11-18/h3-8,10-12,14,20H,1,9,13,15-17H2,2H3/t20-/m1/s1. The fourth-order valence-corrected chi connectivity index (χ4v) is 4.34. The van der Waals surface area contributed by atoms with Gasteiger partial charge in [0.2, 0.25) is 0 Å². The van der Waals surface area contributed by atoms with Crippen LogP contribution in [0.2, 0.25) is 0 Å². The minimum absolute atomic E-state index is 0.400. The number of likely N-dealkylation sites (tertiary alicyclic amines) is 1. The summed E-state index contributed by atoms with van der Waals surface area (Å²) < 4.78 is 10.2. The van der Waals surface area contributed by atoms with E-state index in [1.165, 1.54) is 12.0 Å². The summed E-state index contributed by atoms with van der Waals surface area (Å²) in [6, 6.07) is 19.0. The monoisotopic (exact) mass is 406 g/mol. The van der Waals surface area contributed by atoms with Gasteiger partial charge in [-0.1, -0.05) is 48.5 Å². The molecule has 150 valence electrons. The van der Waals surface area contributed by atoms with Crippen molar-refractivity contribution in [2.75, 3.05) is 13.7 Å². The molecule has 1 fully saturated rings. The first-order valence-electron chi connectivity index (χ1n) is 9.94. The molecular weight excluding hydrogens is 380 g/mol. The number of hydrogen-bond donors (Lipinski definition) is 0. The largest absolute Gasteiger partial charge is 0.496 e. The van der Waals surface area contributed by atoms with Gasteiger partial charge in [-0.2, -0.15) is 5.10 Å². The quantitative estimate of drug-likeness (QED) is 0.405. The van der Waals surface area contributed by atoms with E-state index >= 15 is 0 Å². The van der Waals surface area contributed by atoms with Gasteiger partial charge in [0.25, 0.3) is 0 Å². The third-order valence-electron chi connectivity index (χ3n) is 5.45. The molecule has 0 radical (unpaired) electrons. The zero-order chi connectivity index (χ0) is 20.2. The Morgan fingerprint density at radius 1 is 1.17 bits per heavy atom. The number of nitrogens with zero attached hydrogens (tertiary/aromatic N) is 4. The number of ether oxygens (including phenoxy) is 1. The highest BCUT2D eigenvalue weighted by atomic mass is 32.1. The number of aromatic nitrogens is 3. The molecule has 1 aliphatic rings. The van der Waals surface area contributed by atoms with Crippen molar-refractivity contribution in [1.82, 2.24) is 19.2 Å². The van der Waals surface area contributed by atoms with Crippen LogP contribution in [-0.2, 0) is 13.2 Å². The third kappa shape index (κ3) is 3.91. The Hall–Kier alpha value is -2.70. The second-order valence-electron chi connectivity index (χ2n) is 7.23. The second kappa shape index (κ2) is 8.76. The molecular formula is C23H26N4OS. The molecule has 0 aliphatic carbocycles. The fourth-order valence-electron chi connectivity index (χ4n) is 4.08. The lowest BCUT2D eigenvalue weighted by Gasteiger charge is -2.24. The smallest absolute Gasteiger partial charge is 0.199 e. The zero-order valence-corrected chi connectivity index (χ0v) is 17.5. The summed E-state index contributed by atoms with van der Waals surface area (Å²) in [6.45, 7) is 6.21. The molecule has 0 unspecified atom stereocenters. The van der Waals surface area contributed by atoms with Crippen molar-refractivity contribution in [3.63, 3.8) is 0 Å². The lowest BCUT2D eigenvalue weighted by atomic mass is 10.1. The Labute approximate surface area is 176 Å². The number of methoxy groups -OCH3 is 1. The number of rotatable bonds is 7. The Morgan fingerprint density at radius 3 is 2.69 bits per heavy atom. The Morgan fingerprint density at radius 2 is 1.93 bits per heavy atom. The molecule has 1 atom stereocenters. The van der Waals surface area contributed by atoms with E-state index in [2.05, 4.69) is 41.8 Å². The van der Waals surface area contributed by atoms with Crippen LogP contribution in [0.4, 0.5) is 0 Å². The van der Waals surface area contributed by atoms with Gasteiger partial charge in [0.1, 0.15) is 5.75 Å². The summed E-state index contributed by atoms with van der Waals surface area (Å²) in [6.07, 6.45) is 4.19. The molecule has 2 aromatic carbocycles. The predicted molar refractivity (Wildman–Crippen MR) is 118 cm³/mol. The van der Waals surface area contributed by atoms with Crippen LogP contribution in [0.5, 0.6) is 5.75 Å². The Kier molecular flexibility index (Phi) is 5.92. The fraction of sp³-hybridized carbons (Fsp3) is 0.304. The van der Waals surface area contributed by atoms with Crippen LogP contribution in [0.1, 0.15) is 24.4 Å². The Balaban J connectivity index is 1.70. The zero-order valence-electron chi connectivity index (χ0n) is 16.7. The molecule has 4 rings (SSSR count). The van der Waals surface area contributed by atoms with Crippen molar-refractivity contribution < 1.29 is 4.74 Å². The lowest BCUT2D eigenvalue weighted by molar-refractivity contribution is 0.190. The van der Waals surface area contributed by atoms with Crippen LogP contribution < -0.4 is 4.74 Å². The van der Waals surface area contributed by atoms with E-state index < -0.39 is 0 Å². The number of benzene rings is 2. The van der Waals surface area contributed by atoms with Crippen LogP contribution in [0.15, 0.2) is 67.3 Å². The minimum Gasteiger partial charge on any atom is -0.496 e. The summed E-state index contributed by atoms with van der Waals surface area (Å²) in [5.74, 6) is 1.59. The molecule has 5 nitrogen and oxygen atoms in total. The summed E-state index contributed by atoms with van der Waals surface area (Å²) in [5, 5.41) is 4.90. The first-order valence-corrected chi connectivity index (χ1v) is 10.3. The normalized spacial score (nSPS) is 16.8. The molecule has 3 aromatic rings. The summed E-state index contributed by atoms with van der Waals surface area (Å²) in [4.78, 5) is 2.46. The molecule has 29 heavy (non-hydrogen) atoms. The highest BCUT2D eigenvalue weighted by Crippen LogP contribution is 2.33. The van der Waals surface area contributed by atoms with Gasteiger partial charge in [-0.25, -0.2) is 4.68 Å². The summed E-state index contributed by atoms with van der Waals surface area (Å²) >= 11 is 5.80. The van der Waals surface area contributed by atoms with E-state index in [1.807, 2.05) is 39.6 Å². The molecule has 2 heterocycles. The molecule has 6 heteroatoms. The van der Waals surface area contributed by atoms with Crippen molar-refractivity contribution in [2.45, 2.75) is 32.1 Å². The van der Waals surface area contributed by atoms with Gasteiger partial charge in [-0.15, -0.1) is 6.58 Å². The molecule has 0 N–H and O–H groups in total. The minimum atomic E-state index is 0.400. The number of allylic oxidation sites excluding steroid dienone is 1. The van der Waals surface area contributed by atoms with Crippen LogP contribution in [-0.4, -0.2) is 32.9 Å². The predicted octanol–water partition coefficient (Wildman–Crippen LogP) is 5.07. The van der Waals surface area contributed by atoms with Gasteiger partial charge in [-0.3, -0.25) is 9.47 Å². The van der Waals surface area contributed by atoms with E-state index in [1.54, 1.807) is 7.11 Å². The molecule has 0 bridgehead atoms. The average molecular weight is 407 g/mol. The van der Waals surface area contributed by atoms with Crippen molar-refractivity contribution in [3.05, 3.63) is 77.6 Å². The van der Waals surface area contributed by atoms with E-state index in [0.717, 1.165) is 30.1 Å². The lowest BCUT2D eigenvalue weighted by Crippen LogP contribution is -2.27. The SMILES string of the molecule is C=CCn1c(-c2ccccc2OC)nn(CN2CCC[C@@H]2c2ccccc2)c1=S. The van der Waals surface area contributed by atoms with Gasteiger partial charge in [0.15, 0.2) is 10.6 Å². The Bertz CT molecular complexity index is 1040. The molecule has 0 amide bonds. The molecule has 1 aliphatic heterocycles. The van der Waals surface area contributed by atoms with E-state index in [4.69, 9.17) is 22.1 Å². The maximum absolute atomic E-state index is 5.80. The molecule has 1 saturated heterocycles. The molecule has 1 aromatic heterocycles. The first kappa shape index (κ1) is 19.6. The second-order valence-corrected chi connectivity index (χ2v) is 7.59. The first-order chi connectivity index (χ1) is 14.2. The summed E-state index contributed by atoms with van der Waals surface area (Å²) in [5.41, 5.74) is 2.29. The van der Waals surface area contributed by atoms with Crippen molar-refractivity contribution in [2.24, 2.45) is 0 Å². The van der Waals surface area contributed by atoms with E-state index in [9.17, 15) is 0 Å². The molecule has 0 saturated carbocycles. The van der Waals surface area contributed by atoms with Crippen LogP contribution in [0, 0.1) is 4.77 Å². The van der Waals surface area contributed by atoms with Crippen LogP contribution >= 0.6 is 12.2 Å². The summed E-state index contributed by atoms with van der Waals surface area (Å²) in [7, 11) is 1.68. The van der Waals surface area contributed by atoms with Crippen molar-refractivity contribution in [3.8, 4) is 17.1 Å². The number of hydrogen-bond acceptors (Lipinski definition) is 4. The third-order valence-corrected chi connectivity index (χ3v) is 5.88. The maximum Gasteiger partial charge on any atom is 0.199 e. The van der Waals surface area contributed by atoms with Gasteiger partial charge in [-0.05, 0) is 42.8 Å².